The molecule has 2 aromatic carbocycles. The highest BCUT2D eigenvalue weighted by atomic mass is 16.5. The summed E-state index contributed by atoms with van der Waals surface area (Å²) in [4.78, 5) is 28.3. The lowest BCUT2D eigenvalue weighted by atomic mass is 10.00. The van der Waals surface area contributed by atoms with E-state index in [4.69, 9.17) is 4.74 Å². The Hall–Kier alpha value is -2.82. The van der Waals surface area contributed by atoms with Gasteiger partial charge in [0.15, 0.2) is 0 Å². The number of amides is 2. The number of carbonyl (C=O) groups excluding carboxylic acids is 2. The predicted octanol–water partition coefficient (Wildman–Crippen LogP) is 3.41. The predicted molar refractivity (Wildman–Crippen MR) is 106 cm³/mol. The van der Waals surface area contributed by atoms with Crippen LogP contribution in [0.2, 0.25) is 0 Å². The molecule has 0 N–H and O–H groups in total. The Morgan fingerprint density at radius 3 is 2.44 bits per heavy atom. The molecule has 27 heavy (non-hydrogen) atoms. The maximum absolute atomic E-state index is 12.7. The second kappa shape index (κ2) is 8.71. The van der Waals surface area contributed by atoms with Gasteiger partial charge in [0.05, 0.1) is 6.61 Å². The van der Waals surface area contributed by atoms with Gasteiger partial charge in [-0.25, -0.2) is 0 Å². The SMILES string of the molecule is CCOc1ccc(N(CCC(=O)N2CCc3ccccc3C2)C(C)=O)cc1. The maximum Gasteiger partial charge on any atom is 0.224 e. The van der Waals surface area contributed by atoms with E-state index in [1.54, 1.807) is 4.90 Å². The van der Waals surface area contributed by atoms with E-state index in [9.17, 15) is 9.59 Å². The van der Waals surface area contributed by atoms with Crippen molar-refractivity contribution in [3.8, 4) is 5.75 Å². The van der Waals surface area contributed by atoms with Gasteiger partial charge in [-0.3, -0.25) is 9.59 Å². The van der Waals surface area contributed by atoms with Crippen molar-refractivity contribution in [3.05, 3.63) is 59.7 Å². The summed E-state index contributed by atoms with van der Waals surface area (Å²) in [5.74, 6) is 0.783. The smallest absolute Gasteiger partial charge is 0.224 e. The zero-order valence-corrected chi connectivity index (χ0v) is 16.0. The van der Waals surface area contributed by atoms with Crippen LogP contribution < -0.4 is 9.64 Å². The maximum atomic E-state index is 12.7. The minimum Gasteiger partial charge on any atom is -0.494 e. The van der Waals surface area contributed by atoms with Gasteiger partial charge in [0, 0.05) is 38.7 Å². The van der Waals surface area contributed by atoms with Crippen molar-refractivity contribution in [3.63, 3.8) is 0 Å². The minimum absolute atomic E-state index is 0.0732. The summed E-state index contributed by atoms with van der Waals surface area (Å²) in [6.45, 7) is 5.82. The molecule has 5 heteroatoms. The second-order valence-corrected chi connectivity index (χ2v) is 6.68. The van der Waals surface area contributed by atoms with Gasteiger partial charge < -0.3 is 14.5 Å². The van der Waals surface area contributed by atoms with E-state index >= 15 is 0 Å². The van der Waals surface area contributed by atoms with Gasteiger partial charge in [-0.15, -0.1) is 0 Å². The highest BCUT2D eigenvalue weighted by molar-refractivity contribution is 5.92. The van der Waals surface area contributed by atoms with E-state index < -0.39 is 0 Å². The van der Waals surface area contributed by atoms with Crippen molar-refractivity contribution >= 4 is 17.5 Å². The van der Waals surface area contributed by atoms with Gasteiger partial charge in [-0.05, 0) is 48.7 Å². The Morgan fingerprint density at radius 1 is 1.07 bits per heavy atom. The van der Waals surface area contributed by atoms with Gasteiger partial charge in [0.25, 0.3) is 0 Å². The van der Waals surface area contributed by atoms with Crippen LogP contribution in [0.1, 0.15) is 31.4 Å². The lowest BCUT2D eigenvalue weighted by Gasteiger charge is -2.30. The summed E-state index contributed by atoms with van der Waals surface area (Å²) in [7, 11) is 0. The summed E-state index contributed by atoms with van der Waals surface area (Å²) < 4.78 is 5.44. The topological polar surface area (TPSA) is 49.9 Å². The molecule has 1 aliphatic rings. The van der Waals surface area contributed by atoms with E-state index in [1.165, 1.54) is 18.1 Å². The van der Waals surface area contributed by atoms with Crippen LogP contribution in [0.15, 0.2) is 48.5 Å². The molecule has 2 amide bonds. The molecule has 0 radical (unpaired) electrons. The molecular weight excluding hydrogens is 340 g/mol. The van der Waals surface area contributed by atoms with Crippen LogP contribution in [0.3, 0.4) is 0 Å². The normalized spacial score (nSPS) is 13.0. The quantitative estimate of drug-likeness (QED) is 0.787. The molecule has 5 nitrogen and oxygen atoms in total. The fourth-order valence-electron chi connectivity index (χ4n) is 3.43. The summed E-state index contributed by atoms with van der Waals surface area (Å²) >= 11 is 0. The molecule has 1 aliphatic heterocycles. The van der Waals surface area contributed by atoms with Crippen LogP contribution in [-0.2, 0) is 22.6 Å². The van der Waals surface area contributed by atoms with Crippen molar-refractivity contribution in [1.82, 2.24) is 4.90 Å². The van der Waals surface area contributed by atoms with Gasteiger partial charge in [0.1, 0.15) is 5.75 Å². The van der Waals surface area contributed by atoms with Gasteiger partial charge in [-0.2, -0.15) is 0 Å². The summed E-state index contributed by atoms with van der Waals surface area (Å²) in [5, 5.41) is 0. The fraction of sp³-hybridized carbons (Fsp3) is 0.364. The van der Waals surface area contributed by atoms with E-state index in [1.807, 2.05) is 48.2 Å². The first-order valence-electron chi connectivity index (χ1n) is 9.44. The summed E-state index contributed by atoms with van der Waals surface area (Å²) in [5.41, 5.74) is 3.32. The Bertz CT molecular complexity index is 801. The minimum atomic E-state index is -0.0732. The standard InChI is InChI=1S/C22H26N2O3/c1-3-27-21-10-8-20(9-11-21)24(17(2)25)15-13-22(26)23-14-12-18-6-4-5-7-19(18)16-23/h4-11H,3,12-16H2,1-2H3. The Kier molecular flexibility index (Phi) is 6.12. The lowest BCUT2D eigenvalue weighted by Crippen LogP contribution is -2.39. The first-order chi connectivity index (χ1) is 13.1. The zero-order chi connectivity index (χ0) is 19.2. The Labute approximate surface area is 160 Å². The van der Waals surface area contributed by atoms with Crippen LogP contribution in [0, 0.1) is 0 Å². The number of hydrogen-bond acceptors (Lipinski definition) is 3. The van der Waals surface area contributed by atoms with E-state index in [0.29, 0.717) is 26.1 Å². The second-order valence-electron chi connectivity index (χ2n) is 6.68. The third-order valence-corrected chi connectivity index (χ3v) is 4.87. The van der Waals surface area contributed by atoms with E-state index in [0.717, 1.165) is 24.4 Å². The third kappa shape index (κ3) is 4.67. The molecular formula is C22H26N2O3. The van der Waals surface area contributed by atoms with Gasteiger partial charge >= 0.3 is 0 Å². The Balaban J connectivity index is 1.61. The largest absolute Gasteiger partial charge is 0.494 e. The molecule has 0 saturated carbocycles. The third-order valence-electron chi connectivity index (χ3n) is 4.87. The monoisotopic (exact) mass is 366 g/mol. The number of rotatable bonds is 6. The van der Waals surface area contributed by atoms with Crippen LogP contribution >= 0.6 is 0 Å². The average Bonchev–Trinajstić information content (AvgIpc) is 2.69. The number of anilines is 1. The number of ether oxygens (including phenoxy) is 1. The van der Waals surface area contributed by atoms with Crippen LogP contribution in [0.5, 0.6) is 5.75 Å². The molecule has 1 heterocycles. The van der Waals surface area contributed by atoms with E-state index in [2.05, 4.69) is 12.1 Å². The van der Waals surface area contributed by atoms with Crippen LogP contribution in [0.25, 0.3) is 0 Å². The highest BCUT2D eigenvalue weighted by Crippen LogP contribution is 2.22. The summed E-state index contributed by atoms with van der Waals surface area (Å²) in [6.07, 6.45) is 1.20. The molecule has 0 spiro atoms. The van der Waals surface area contributed by atoms with Crippen molar-refractivity contribution in [2.24, 2.45) is 0 Å². The number of nitrogens with zero attached hydrogens (tertiary/aromatic N) is 2. The van der Waals surface area contributed by atoms with Gasteiger partial charge in [-0.1, -0.05) is 24.3 Å². The molecule has 2 aromatic rings. The highest BCUT2D eigenvalue weighted by Gasteiger charge is 2.21. The average molecular weight is 366 g/mol. The molecule has 0 aromatic heterocycles. The van der Waals surface area contributed by atoms with Crippen LogP contribution in [0.4, 0.5) is 5.69 Å². The molecule has 0 saturated heterocycles. The zero-order valence-electron chi connectivity index (χ0n) is 16.0. The van der Waals surface area contributed by atoms with Crippen molar-refractivity contribution < 1.29 is 14.3 Å². The first kappa shape index (κ1) is 19.0. The molecule has 3 rings (SSSR count). The fourth-order valence-corrected chi connectivity index (χ4v) is 3.43. The summed E-state index contributed by atoms with van der Waals surface area (Å²) in [6, 6.07) is 15.7. The lowest BCUT2D eigenvalue weighted by molar-refractivity contribution is -0.131. The molecule has 0 atom stereocenters. The van der Waals surface area contributed by atoms with Crippen molar-refractivity contribution in [2.45, 2.75) is 33.2 Å². The number of hydrogen-bond donors (Lipinski definition) is 0. The molecule has 0 bridgehead atoms. The van der Waals surface area contributed by atoms with Crippen molar-refractivity contribution in [2.75, 3.05) is 24.6 Å². The Morgan fingerprint density at radius 2 is 1.78 bits per heavy atom. The number of carbonyl (C=O) groups is 2. The molecule has 0 fully saturated rings. The van der Waals surface area contributed by atoms with Crippen molar-refractivity contribution in [1.29, 1.82) is 0 Å². The van der Waals surface area contributed by atoms with E-state index in [-0.39, 0.29) is 11.8 Å². The first-order valence-corrected chi connectivity index (χ1v) is 9.44. The molecule has 142 valence electrons. The number of benzene rings is 2. The molecule has 0 unspecified atom stereocenters. The van der Waals surface area contributed by atoms with Gasteiger partial charge in [0.2, 0.25) is 11.8 Å². The molecule has 0 aliphatic carbocycles. The van der Waals surface area contributed by atoms with Crippen LogP contribution in [-0.4, -0.2) is 36.4 Å². The number of fused-ring (bicyclic) bond motifs is 1.